The molecule has 2 aliphatic heterocycles. The van der Waals surface area contributed by atoms with Gasteiger partial charge in [-0.2, -0.15) is 0 Å². The van der Waals surface area contributed by atoms with E-state index < -0.39 is 16.8 Å². The second kappa shape index (κ2) is 7.20. The van der Waals surface area contributed by atoms with Gasteiger partial charge in [-0.25, -0.2) is 9.98 Å². The van der Waals surface area contributed by atoms with Crippen LogP contribution in [-0.4, -0.2) is 44.7 Å². The number of alkyl halides is 1. The Hall–Kier alpha value is -3.00. The molecule has 1 amide bonds. The first-order chi connectivity index (χ1) is 13.5. The van der Waals surface area contributed by atoms with Crippen LogP contribution in [0.3, 0.4) is 0 Å². The molecule has 8 nitrogen and oxygen atoms in total. The lowest BCUT2D eigenvalue weighted by atomic mass is 10.00. The van der Waals surface area contributed by atoms with Crippen molar-refractivity contribution in [1.82, 2.24) is 14.5 Å². The van der Waals surface area contributed by atoms with Crippen molar-refractivity contribution in [3.8, 4) is 11.5 Å². The third kappa shape index (κ3) is 3.43. The highest BCUT2D eigenvalue weighted by Gasteiger charge is 2.38. The normalized spacial score (nSPS) is 21.5. The zero-order valence-corrected chi connectivity index (χ0v) is 16.0. The first-order valence-electron chi connectivity index (χ1n) is 8.87. The summed E-state index contributed by atoms with van der Waals surface area (Å²) in [6.07, 6.45) is 9.35. The van der Waals surface area contributed by atoms with Crippen molar-refractivity contribution in [2.45, 2.75) is 18.3 Å². The molecule has 9 heteroatoms. The van der Waals surface area contributed by atoms with Gasteiger partial charge in [-0.15, -0.1) is 0 Å². The number of fused-ring (bicyclic) bond motifs is 1. The highest BCUT2D eigenvalue weighted by molar-refractivity contribution is 6.27. The zero-order chi connectivity index (χ0) is 19.7. The van der Waals surface area contributed by atoms with E-state index in [1.54, 1.807) is 36.3 Å². The van der Waals surface area contributed by atoms with E-state index in [-0.39, 0.29) is 6.79 Å². The Bertz CT molecular complexity index is 943. The molecular weight excluding hydrogens is 382 g/mol. The summed E-state index contributed by atoms with van der Waals surface area (Å²) < 4.78 is 12.6. The first-order valence-corrected chi connectivity index (χ1v) is 9.25. The number of carbonyl (C=O) groups excluding carboxylic acids is 1. The molecule has 28 heavy (non-hydrogen) atoms. The summed E-state index contributed by atoms with van der Waals surface area (Å²) in [5.41, 5.74) is 6.56. The molecule has 2 unspecified atom stereocenters. The summed E-state index contributed by atoms with van der Waals surface area (Å²) in [6.45, 7) is 2.56. The maximum Gasteiger partial charge on any atom is 0.231 e. The molecule has 0 fully saturated rings. The van der Waals surface area contributed by atoms with Gasteiger partial charge >= 0.3 is 0 Å². The summed E-state index contributed by atoms with van der Waals surface area (Å²) in [6, 6.07) is 5.90. The maximum absolute atomic E-state index is 11.7. The highest BCUT2D eigenvalue weighted by Crippen LogP contribution is 2.34. The number of rotatable bonds is 5. The Balaban J connectivity index is 1.56. The lowest BCUT2D eigenvalue weighted by Gasteiger charge is -2.33. The molecule has 4 rings (SSSR count). The molecule has 2 N–H and O–H groups in total. The predicted octanol–water partition coefficient (Wildman–Crippen LogP) is 1.94. The number of benzene rings is 1. The Morgan fingerprint density at radius 1 is 1.39 bits per heavy atom. The number of ether oxygens (including phenoxy) is 2. The van der Waals surface area contributed by atoms with Crippen LogP contribution in [0.4, 0.5) is 0 Å². The number of nitrogens with zero attached hydrogens (tertiary/aromatic N) is 4. The van der Waals surface area contributed by atoms with Gasteiger partial charge in [-0.3, -0.25) is 9.36 Å². The fraction of sp³-hybridized carbons (Fsp3) is 0.316. The van der Waals surface area contributed by atoms with Crippen LogP contribution in [0.15, 0.2) is 54.2 Å². The fourth-order valence-electron chi connectivity index (χ4n) is 3.06. The van der Waals surface area contributed by atoms with Crippen molar-refractivity contribution in [3.63, 3.8) is 0 Å². The number of hydrogen-bond donors (Lipinski definition) is 1. The molecule has 0 bridgehead atoms. The van der Waals surface area contributed by atoms with Gasteiger partial charge in [0, 0.05) is 25.1 Å². The topological polar surface area (TPSA) is 95.0 Å². The van der Waals surface area contributed by atoms with E-state index >= 15 is 0 Å². The van der Waals surface area contributed by atoms with Crippen molar-refractivity contribution in [2.75, 3.05) is 13.3 Å². The standard InChI is InChI=1S/C19H20ClN5O3/c1-13(17(21)26)19(20)5-8-24(18(23-19)25-9-6-22-11-25)7-4-14-2-3-15-16(10-14)28-12-27-15/h2-3,5-6,8-11,13H,4,7,12H2,1H3,(H2,21,26). The van der Waals surface area contributed by atoms with Gasteiger partial charge in [-0.05, 0) is 37.1 Å². The molecule has 146 valence electrons. The van der Waals surface area contributed by atoms with Crippen LogP contribution < -0.4 is 15.2 Å². The van der Waals surface area contributed by atoms with Gasteiger partial charge in [0.15, 0.2) is 16.5 Å². The fourth-order valence-corrected chi connectivity index (χ4v) is 3.30. The molecule has 2 aromatic rings. The Morgan fingerprint density at radius 3 is 2.96 bits per heavy atom. The largest absolute Gasteiger partial charge is 0.454 e. The summed E-state index contributed by atoms with van der Waals surface area (Å²) in [7, 11) is 0. The van der Waals surface area contributed by atoms with Crippen molar-refractivity contribution in [1.29, 1.82) is 0 Å². The number of amides is 1. The molecule has 1 aromatic heterocycles. The Labute approximate surface area is 167 Å². The molecular formula is C19H20ClN5O3. The number of aliphatic imine (C=N–C) groups is 1. The van der Waals surface area contributed by atoms with Crippen LogP contribution >= 0.6 is 11.6 Å². The minimum atomic E-state index is -1.24. The number of primary amides is 1. The number of nitrogens with two attached hydrogens (primary N) is 1. The van der Waals surface area contributed by atoms with Gasteiger partial charge in [0.1, 0.15) is 6.33 Å². The Kier molecular flexibility index (Phi) is 4.72. The van der Waals surface area contributed by atoms with E-state index in [1.807, 2.05) is 29.3 Å². The molecule has 0 radical (unpaired) electrons. The van der Waals surface area contributed by atoms with E-state index in [1.165, 1.54) is 0 Å². The van der Waals surface area contributed by atoms with Crippen molar-refractivity contribution < 1.29 is 14.3 Å². The number of imidazole rings is 1. The summed E-state index contributed by atoms with van der Waals surface area (Å²) in [5.74, 6) is 0.908. The van der Waals surface area contributed by atoms with Gasteiger partial charge < -0.3 is 20.1 Å². The average molecular weight is 402 g/mol. The van der Waals surface area contributed by atoms with E-state index in [0.717, 1.165) is 23.5 Å². The quantitative estimate of drug-likeness (QED) is 0.610. The Morgan fingerprint density at radius 2 is 2.21 bits per heavy atom. The second-order valence-corrected chi connectivity index (χ2v) is 7.29. The van der Waals surface area contributed by atoms with Crippen LogP contribution in [0.1, 0.15) is 12.5 Å². The summed E-state index contributed by atoms with van der Waals surface area (Å²) in [5, 5.41) is 0. The highest BCUT2D eigenvalue weighted by atomic mass is 35.5. The minimum Gasteiger partial charge on any atom is -0.454 e. The minimum absolute atomic E-state index is 0.251. The molecule has 2 aliphatic rings. The van der Waals surface area contributed by atoms with E-state index in [4.69, 9.17) is 26.8 Å². The van der Waals surface area contributed by atoms with E-state index in [9.17, 15) is 4.79 Å². The molecule has 2 atom stereocenters. The van der Waals surface area contributed by atoms with Gasteiger partial charge in [0.25, 0.3) is 0 Å². The van der Waals surface area contributed by atoms with Gasteiger partial charge in [0.05, 0.1) is 5.92 Å². The average Bonchev–Trinajstić information content (AvgIpc) is 3.37. The number of hydrogen-bond acceptors (Lipinski definition) is 6. The van der Waals surface area contributed by atoms with Crippen LogP contribution in [0.5, 0.6) is 11.5 Å². The first kappa shape index (κ1) is 18.4. The number of aromatic nitrogens is 2. The van der Waals surface area contributed by atoms with Crippen molar-refractivity contribution in [3.05, 3.63) is 54.8 Å². The summed E-state index contributed by atoms with van der Waals surface area (Å²) >= 11 is 6.61. The zero-order valence-electron chi connectivity index (χ0n) is 15.3. The van der Waals surface area contributed by atoms with Crippen LogP contribution in [0.2, 0.25) is 0 Å². The van der Waals surface area contributed by atoms with Crippen LogP contribution in [0.25, 0.3) is 0 Å². The molecule has 0 saturated heterocycles. The van der Waals surface area contributed by atoms with Crippen LogP contribution in [0, 0.1) is 5.92 Å². The molecule has 3 heterocycles. The van der Waals surface area contributed by atoms with E-state index in [0.29, 0.717) is 12.5 Å². The third-order valence-corrected chi connectivity index (χ3v) is 5.40. The maximum atomic E-state index is 11.7. The second-order valence-electron chi connectivity index (χ2n) is 6.68. The monoisotopic (exact) mass is 401 g/mol. The lowest BCUT2D eigenvalue weighted by Crippen LogP contribution is -2.44. The SMILES string of the molecule is CC(C(N)=O)C1(Cl)C=CN(CCc2ccc3c(c2)OCO3)C(n2ccnc2)=N1. The number of halogens is 1. The smallest absolute Gasteiger partial charge is 0.231 e. The number of carbonyl (C=O) groups is 1. The molecule has 1 aromatic carbocycles. The molecule has 0 aliphatic carbocycles. The van der Waals surface area contributed by atoms with Gasteiger partial charge in [-0.1, -0.05) is 17.7 Å². The van der Waals surface area contributed by atoms with Crippen molar-refractivity contribution in [2.24, 2.45) is 16.6 Å². The molecule has 0 spiro atoms. The van der Waals surface area contributed by atoms with Gasteiger partial charge in [0.2, 0.25) is 18.7 Å². The lowest BCUT2D eigenvalue weighted by molar-refractivity contribution is -0.121. The molecule has 0 saturated carbocycles. The third-order valence-electron chi connectivity index (χ3n) is 4.86. The predicted molar refractivity (Wildman–Crippen MR) is 104 cm³/mol. The van der Waals surface area contributed by atoms with Crippen molar-refractivity contribution >= 4 is 23.5 Å². The summed E-state index contributed by atoms with van der Waals surface area (Å²) in [4.78, 5) is 21.1. The van der Waals surface area contributed by atoms with E-state index in [2.05, 4.69) is 9.98 Å². The van der Waals surface area contributed by atoms with Crippen LogP contribution in [-0.2, 0) is 11.2 Å².